The van der Waals surface area contributed by atoms with Gasteiger partial charge in [0.15, 0.2) is 11.7 Å². The van der Waals surface area contributed by atoms with Crippen molar-refractivity contribution in [1.82, 2.24) is 9.62 Å². The average molecular weight is 595 g/mol. The summed E-state index contributed by atoms with van der Waals surface area (Å²) in [7, 11) is -7.90. The summed E-state index contributed by atoms with van der Waals surface area (Å²) < 4.78 is 69.4. The average Bonchev–Trinajstić information content (AvgIpc) is 3.30. The first-order valence-corrected chi connectivity index (χ1v) is 16.9. The third-order valence-corrected chi connectivity index (χ3v) is 11.4. The molecule has 1 aromatic carbocycles. The SMILES string of the molecule is CS(=O)(=O)NCc1csc2c1S(=O)(=O)N=C(C1C(=O)[C@@H]3C4CCC(CC4)[C@@H]3N(Cc3ccc(F)cc3)C1=O)N2. The Morgan fingerprint density at radius 1 is 1.13 bits per heavy atom. The number of piperidine rings is 1. The Hall–Kier alpha value is -2.68. The van der Waals surface area contributed by atoms with Crippen molar-refractivity contribution in [3.63, 3.8) is 0 Å². The number of hydrogen-bond acceptors (Lipinski definition) is 8. The number of amidine groups is 1. The number of carbonyl (C=O) groups excluding carboxylic acids is 2. The normalized spacial score (nSPS) is 29.4. The van der Waals surface area contributed by atoms with E-state index in [2.05, 4.69) is 14.4 Å². The van der Waals surface area contributed by atoms with Crippen LogP contribution in [0, 0.1) is 29.5 Å². The molecule has 2 bridgehead atoms. The number of halogens is 1. The molecule has 2 aromatic rings. The molecule has 2 N–H and O–H groups in total. The second-order valence-corrected chi connectivity index (χ2v) is 15.0. The predicted octanol–water partition coefficient (Wildman–Crippen LogP) is 2.48. The summed E-state index contributed by atoms with van der Waals surface area (Å²) in [4.78, 5) is 29.5. The van der Waals surface area contributed by atoms with Gasteiger partial charge in [-0.25, -0.2) is 17.5 Å². The van der Waals surface area contributed by atoms with E-state index in [0.29, 0.717) is 5.56 Å². The van der Waals surface area contributed by atoms with Gasteiger partial charge in [0, 0.05) is 30.6 Å². The molecule has 0 radical (unpaired) electrons. The van der Waals surface area contributed by atoms with Crippen LogP contribution in [0.4, 0.5) is 9.39 Å². The van der Waals surface area contributed by atoms with E-state index in [4.69, 9.17) is 0 Å². The van der Waals surface area contributed by atoms with Crippen molar-refractivity contribution in [2.45, 2.75) is 49.7 Å². The fourth-order valence-corrected chi connectivity index (χ4v) is 9.70. The monoisotopic (exact) mass is 594 g/mol. The van der Waals surface area contributed by atoms with Gasteiger partial charge in [-0.3, -0.25) is 9.59 Å². The number of sulfonamides is 2. The van der Waals surface area contributed by atoms with Crippen LogP contribution >= 0.6 is 11.3 Å². The van der Waals surface area contributed by atoms with E-state index in [1.807, 2.05) is 0 Å². The molecule has 1 saturated heterocycles. The van der Waals surface area contributed by atoms with Gasteiger partial charge in [-0.05, 0) is 60.6 Å². The minimum absolute atomic E-state index is 0.102. The number of Topliss-reactive ketones (excluding diaryl/α,β-unsaturated/α-hetero) is 1. The number of ketones is 1. The highest BCUT2D eigenvalue weighted by atomic mass is 32.2. The molecule has 3 aliphatic carbocycles. The van der Waals surface area contributed by atoms with Gasteiger partial charge >= 0.3 is 0 Å². The minimum atomic E-state index is -4.33. The molecule has 5 aliphatic rings. The molecule has 10 nitrogen and oxygen atoms in total. The molecule has 1 amide bonds. The van der Waals surface area contributed by atoms with Crippen LogP contribution in [0.5, 0.6) is 0 Å². The largest absolute Gasteiger partial charge is 0.333 e. The first-order valence-electron chi connectivity index (χ1n) is 12.7. The Labute approximate surface area is 229 Å². The lowest BCUT2D eigenvalue weighted by Crippen LogP contribution is -2.66. The van der Waals surface area contributed by atoms with E-state index in [9.17, 15) is 30.8 Å². The summed E-state index contributed by atoms with van der Waals surface area (Å²) in [5.41, 5.74) is 0.937. The van der Waals surface area contributed by atoms with Gasteiger partial charge in [-0.1, -0.05) is 12.1 Å². The van der Waals surface area contributed by atoms with E-state index in [0.717, 1.165) is 43.3 Å². The van der Waals surface area contributed by atoms with Crippen LogP contribution in [0.25, 0.3) is 0 Å². The van der Waals surface area contributed by atoms with Crippen LogP contribution in [0.1, 0.15) is 36.8 Å². The Bertz CT molecular complexity index is 1590. The number of thiophene rings is 1. The zero-order valence-corrected chi connectivity index (χ0v) is 23.4. The minimum Gasteiger partial charge on any atom is -0.333 e. The molecule has 3 atom stereocenters. The molecule has 39 heavy (non-hydrogen) atoms. The number of amides is 1. The predicted molar refractivity (Wildman–Crippen MR) is 142 cm³/mol. The third-order valence-electron chi connectivity index (χ3n) is 8.28. The topological polar surface area (TPSA) is 142 Å². The molecule has 2 aliphatic heterocycles. The highest BCUT2D eigenvalue weighted by Crippen LogP contribution is 2.51. The Morgan fingerprint density at radius 2 is 1.79 bits per heavy atom. The van der Waals surface area contributed by atoms with Crippen LogP contribution in [-0.2, 0) is 42.7 Å². The number of carbonyl (C=O) groups is 2. The molecule has 3 saturated carbocycles. The van der Waals surface area contributed by atoms with E-state index in [1.54, 1.807) is 17.0 Å². The number of nitrogens with one attached hydrogen (secondary N) is 2. The molecule has 0 spiro atoms. The zero-order valence-electron chi connectivity index (χ0n) is 21.0. The number of anilines is 1. The number of hydrogen-bond donors (Lipinski definition) is 2. The highest BCUT2D eigenvalue weighted by molar-refractivity contribution is 7.91. The van der Waals surface area contributed by atoms with Crippen LogP contribution in [0.15, 0.2) is 38.9 Å². The fourth-order valence-electron chi connectivity index (χ4n) is 6.64. The van der Waals surface area contributed by atoms with Gasteiger partial charge < -0.3 is 10.2 Å². The molecule has 4 fully saturated rings. The molecular formula is C25H27FN4O6S3. The number of rotatable bonds is 6. The van der Waals surface area contributed by atoms with Gasteiger partial charge in [0.2, 0.25) is 15.9 Å². The zero-order chi connectivity index (χ0) is 27.7. The second-order valence-electron chi connectivity index (χ2n) is 10.7. The lowest BCUT2D eigenvalue weighted by Gasteiger charge is -2.55. The standard InChI is InChI=1S/C25H27FN4O6S3/c1-38(33,34)27-10-16-12-37-24-22(16)39(35,36)29-23(28-24)19-21(31)18-14-4-6-15(7-5-14)20(18)30(25(19)32)11-13-2-8-17(26)9-3-13/h2-3,8-9,12,14-15,18-20,27H,4-7,10-11H2,1H3,(H,28,29)/t14?,15?,18-,19?,20+/m1/s1. The summed E-state index contributed by atoms with van der Waals surface area (Å²) >= 11 is 1.04. The lowest BCUT2D eigenvalue weighted by atomic mass is 9.57. The maximum atomic E-state index is 14.0. The summed E-state index contributed by atoms with van der Waals surface area (Å²) in [6, 6.07) is 5.57. The van der Waals surface area contributed by atoms with Crippen molar-refractivity contribution >= 4 is 53.9 Å². The highest BCUT2D eigenvalue weighted by Gasteiger charge is 2.58. The maximum absolute atomic E-state index is 14.0. The number of benzene rings is 1. The molecule has 3 heterocycles. The van der Waals surface area contributed by atoms with Crippen LogP contribution in [0.2, 0.25) is 0 Å². The number of likely N-dealkylation sites (tertiary alicyclic amines) is 1. The second kappa shape index (κ2) is 9.46. The summed E-state index contributed by atoms with van der Waals surface area (Å²) in [5.74, 6) is -3.01. The molecule has 1 unspecified atom stereocenters. The van der Waals surface area contributed by atoms with Crippen molar-refractivity contribution in [3.8, 4) is 0 Å². The smallest absolute Gasteiger partial charge is 0.287 e. The van der Waals surface area contributed by atoms with Gasteiger partial charge in [0.25, 0.3) is 10.0 Å². The van der Waals surface area contributed by atoms with Gasteiger partial charge in [0.1, 0.15) is 21.5 Å². The maximum Gasteiger partial charge on any atom is 0.287 e. The van der Waals surface area contributed by atoms with E-state index < -0.39 is 43.6 Å². The first kappa shape index (κ1) is 26.5. The first-order chi connectivity index (χ1) is 18.4. The Balaban J connectivity index is 1.37. The molecule has 7 rings (SSSR count). The van der Waals surface area contributed by atoms with Crippen LogP contribution < -0.4 is 10.0 Å². The molecule has 14 heteroatoms. The molecular weight excluding hydrogens is 567 g/mol. The van der Waals surface area contributed by atoms with Crippen molar-refractivity contribution in [3.05, 3.63) is 46.6 Å². The summed E-state index contributed by atoms with van der Waals surface area (Å²) in [6.45, 7) is -0.0607. The molecule has 1 aromatic heterocycles. The van der Waals surface area contributed by atoms with Crippen molar-refractivity contribution < 1.29 is 30.8 Å². The van der Waals surface area contributed by atoms with Crippen LogP contribution in [0.3, 0.4) is 0 Å². The summed E-state index contributed by atoms with van der Waals surface area (Å²) in [6.07, 6.45) is 4.58. The fraction of sp³-hybridized carbons (Fsp3) is 0.480. The van der Waals surface area contributed by atoms with Gasteiger partial charge in [-0.15, -0.1) is 15.7 Å². The van der Waals surface area contributed by atoms with Crippen molar-refractivity contribution in [1.29, 1.82) is 0 Å². The van der Waals surface area contributed by atoms with Crippen molar-refractivity contribution in [2.24, 2.45) is 28.1 Å². The van der Waals surface area contributed by atoms with E-state index in [1.165, 1.54) is 17.5 Å². The summed E-state index contributed by atoms with van der Waals surface area (Å²) in [5, 5.41) is 4.62. The Morgan fingerprint density at radius 3 is 2.46 bits per heavy atom. The van der Waals surface area contributed by atoms with Gasteiger partial charge in [0.05, 0.1) is 6.26 Å². The van der Waals surface area contributed by atoms with Gasteiger partial charge in [-0.2, -0.15) is 8.42 Å². The quantitative estimate of drug-likeness (QED) is 0.490. The van der Waals surface area contributed by atoms with Crippen LogP contribution in [-0.4, -0.2) is 51.6 Å². The molecule has 208 valence electrons. The third kappa shape index (κ3) is 4.70. The van der Waals surface area contributed by atoms with Crippen molar-refractivity contribution in [2.75, 3.05) is 11.6 Å². The Kier molecular flexibility index (Phi) is 6.44. The number of fused-ring (bicyclic) bond motifs is 3. The lowest BCUT2D eigenvalue weighted by molar-refractivity contribution is -0.162. The van der Waals surface area contributed by atoms with E-state index >= 15 is 0 Å². The van der Waals surface area contributed by atoms with E-state index in [-0.39, 0.29) is 58.0 Å². The number of nitrogens with zero attached hydrogens (tertiary/aromatic N) is 2.